The quantitative estimate of drug-likeness (QED) is 0.267. The first kappa shape index (κ1) is 28.5. The van der Waals surface area contributed by atoms with E-state index in [9.17, 15) is 10.2 Å². The van der Waals surface area contributed by atoms with Crippen LogP contribution in [0.1, 0.15) is 98.6 Å². The molecule has 6 N–H and O–H groups in total. The van der Waals surface area contributed by atoms with Crippen molar-refractivity contribution in [3.05, 3.63) is 57.6 Å². The maximum Gasteiger partial charge on any atom is 0.124 e. The first-order chi connectivity index (χ1) is 17.4. The summed E-state index contributed by atoms with van der Waals surface area (Å²) in [4.78, 5) is 0. The van der Waals surface area contributed by atoms with Crippen LogP contribution in [-0.4, -0.2) is 22.5 Å². The molecule has 0 spiro atoms. The van der Waals surface area contributed by atoms with Crippen molar-refractivity contribution in [1.82, 2.24) is 21.3 Å². The average molecular weight is 497 g/mol. The predicted octanol–water partition coefficient (Wildman–Crippen LogP) is 5.60. The van der Waals surface area contributed by atoms with Crippen LogP contribution in [0.2, 0.25) is 0 Å². The van der Waals surface area contributed by atoms with Crippen molar-refractivity contribution < 1.29 is 10.2 Å². The summed E-state index contributed by atoms with van der Waals surface area (Å²) in [6, 6.07) is 8.30. The number of hydrogen-bond donors (Lipinski definition) is 6. The normalized spacial score (nSPS) is 19.3. The molecule has 0 radical (unpaired) electrons. The summed E-state index contributed by atoms with van der Waals surface area (Å²) in [7, 11) is 0. The molecule has 1 aliphatic rings. The predicted molar refractivity (Wildman–Crippen MR) is 149 cm³/mol. The fourth-order valence-corrected chi connectivity index (χ4v) is 5.03. The standard InChI is InChI=1S/C30H48N4O2/c1-5-7-9-11-27-31-17-23-14-13-22(4)26(30(23)36)20-34-28(12-10-8-6-2)33-19-25-16-21(3)15-24(18-32-27)29(25)35/h13-16,27-28,31-36H,5-12,17-20H2,1-4H3/t27-,28+/m0/s1. The fourth-order valence-electron chi connectivity index (χ4n) is 5.03. The van der Waals surface area contributed by atoms with Gasteiger partial charge in [-0.2, -0.15) is 0 Å². The van der Waals surface area contributed by atoms with Crippen LogP contribution >= 0.6 is 0 Å². The number of aryl methyl sites for hydroxylation is 2. The van der Waals surface area contributed by atoms with Gasteiger partial charge in [0, 0.05) is 48.4 Å². The van der Waals surface area contributed by atoms with Crippen molar-refractivity contribution in [3.63, 3.8) is 0 Å². The van der Waals surface area contributed by atoms with Crippen molar-refractivity contribution in [3.8, 4) is 11.5 Å². The van der Waals surface area contributed by atoms with E-state index in [2.05, 4.69) is 67.2 Å². The molecule has 0 unspecified atom stereocenters. The SMILES string of the molecule is CCCCC[C@@H]1NCc2cc(C)cc(c2O)CN[C@@H](CCCCC)NCc2c(C)ccc(c2O)CN1. The zero-order valence-corrected chi connectivity index (χ0v) is 22.8. The lowest BCUT2D eigenvalue weighted by Gasteiger charge is -2.25. The highest BCUT2D eigenvalue weighted by Gasteiger charge is 2.18. The van der Waals surface area contributed by atoms with Crippen molar-refractivity contribution in [1.29, 1.82) is 0 Å². The Kier molecular flexibility index (Phi) is 11.5. The highest BCUT2D eigenvalue weighted by molar-refractivity contribution is 5.45. The second kappa shape index (κ2) is 14.6. The minimum absolute atomic E-state index is 0.0921. The van der Waals surface area contributed by atoms with E-state index in [4.69, 9.17) is 0 Å². The Morgan fingerprint density at radius 1 is 0.667 bits per heavy atom. The molecule has 2 aromatic rings. The van der Waals surface area contributed by atoms with Crippen LogP contribution in [0.15, 0.2) is 24.3 Å². The molecule has 2 aromatic carbocycles. The molecule has 0 aliphatic carbocycles. The third-order valence-electron chi connectivity index (χ3n) is 7.35. The molecular weight excluding hydrogens is 448 g/mol. The van der Waals surface area contributed by atoms with Gasteiger partial charge in [-0.1, -0.05) is 82.2 Å². The molecule has 0 aromatic heterocycles. The number of benzene rings is 2. The van der Waals surface area contributed by atoms with E-state index in [1.165, 1.54) is 25.7 Å². The highest BCUT2D eigenvalue weighted by atomic mass is 16.3. The van der Waals surface area contributed by atoms with Gasteiger partial charge in [0.05, 0.1) is 12.3 Å². The second-order valence-electron chi connectivity index (χ2n) is 10.4. The Morgan fingerprint density at radius 3 is 1.69 bits per heavy atom. The largest absolute Gasteiger partial charge is 0.507 e. The zero-order chi connectivity index (χ0) is 25.9. The van der Waals surface area contributed by atoms with Crippen LogP contribution in [0, 0.1) is 13.8 Å². The smallest absolute Gasteiger partial charge is 0.124 e. The van der Waals surface area contributed by atoms with Gasteiger partial charge in [-0.15, -0.1) is 0 Å². The Labute approximate surface area is 218 Å². The van der Waals surface area contributed by atoms with E-state index >= 15 is 0 Å². The molecule has 36 heavy (non-hydrogen) atoms. The first-order valence-corrected chi connectivity index (χ1v) is 14.0. The number of phenols is 2. The van der Waals surface area contributed by atoms with Crippen LogP contribution < -0.4 is 21.3 Å². The van der Waals surface area contributed by atoms with E-state index < -0.39 is 0 Å². The zero-order valence-electron chi connectivity index (χ0n) is 22.8. The van der Waals surface area contributed by atoms with Crippen molar-refractivity contribution in [2.24, 2.45) is 0 Å². The number of rotatable bonds is 8. The number of nitrogens with one attached hydrogen (secondary N) is 4. The Morgan fingerprint density at radius 2 is 1.17 bits per heavy atom. The summed E-state index contributed by atoms with van der Waals surface area (Å²) in [5.74, 6) is 0.770. The lowest BCUT2D eigenvalue weighted by molar-refractivity contribution is 0.363. The van der Waals surface area contributed by atoms with Crippen LogP contribution in [-0.2, 0) is 26.2 Å². The molecular formula is C30H48N4O2. The monoisotopic (exact) mass is 496 g/mol. The number of hydrogen-bond acceptors (Lipinski definition) is 6. The maximum atomic E-state index is 11.2. The molecule has 1 heterocycles. The summed E-state index contributed by atoms with van der Waals surface area (Å²) in [6.07, 6.45) is 9.17. The molecule has 1 aliphatic heterocycles. The molecule has 0 fully saturated rings. The van der Waals surface area contributed by atoms with Crippen molar-refractivity contribution >= 4 is 0 Å². The van der Waals surface area contributed by atoms with E-state index in [0.717, 1.165) is 59.1 Å². The van der Waals surface area contributed by atoms with Crippen LogP contribution in [0.5, 0.6) is 11.5 Å². The summed E-state index contributed by atoms with van der Waals surface area (Å²) in [5, 5.41) is 36.8. The van der Waals surface area contributed by atoms with Crippen molar-refractivity contribution in [2.75, 3.05) is 0 Å². The Balaban J connectivity index is 1.89. The Bertz CT molecular complexity index is 962. The summed E-state index contributed by atoms with van der Waals surface area (Å²) in [6.45, 7) is 11.0. The van der Waals surface area contributed by atoms with Gasteiger partial charge in [0.25, 0.3) is 0 Å². The number of unbranched alkanes of at least 4 members (excludes halogenated alkanes) is 4. The number of phenolic OH excluding ortho intramolecular Hbond substituents is 2. The maximum absolute atomic E-state index is 11.2. The van der Waals surface area contributed by atoms with E-state index in [1.54, 1.807) is 0 Å². The van der Waals surface area contributed by atoms with E-state index in [0.29, 0.717) is 37.7 Å². The van der Waals surface area contributed by atoms with Crippen LogP contribution in [0.25, 0.3) is 0 Å². The van der Waals surface area contributed by atoms with Gasteiger partial charge in [-0.3, -0.25) is 21.3 Å². The third-order valence-corrected chi connectivity index (χ3v) is 7.35. The molecule has 200 valence electrons. The van der Waals surface area contributed by atoms with E-state index in [1.807, 2.05) is 6.07 Å². The van der Waals surface area contributed by atoms with Gasteiger partial charge in [0.15, 0.2) is 0 Å². The molecule has 6 heteroatoms. The highest BCUT2D eigenvalue weighted by Crippen LogP contribution is 2.28. The molecule has 0 saturated carbocycles. The molecule has 2 atom stereocenters. The van der Waals surface area contributed by atoms with Crippen LogP contribution in [0.3, 0.4) is 0 Å². The lowest BCUT2D eigenvalue weighted by atomic mass is 10.0. The van der Waals surface area contributed by atoms with E-state index in [-0.39, 0.29) is 12.3 Å². The topological polar surface area (TPSA) is 88.6 Å². The molecule has 6 nitrogen and oxygen atoms in total. The number of aromatic hydroxyl groups is 2. The van der Waals surface area contributed by atoms with Gasteiger partial charge < -0.3 is 10.2 Å². The summed E-state index contributed by atoms with van der Waals surface area (Å²) < 4.78 is 0. The minimum Gasteiger partial charge on any atom is -0.507 e. The number of fused-ring (bicyclic) bond motifs is 4. The third kappa shape index (κ3) is 8.20. The lowest BCUT2D eigenvalue weighted by Crippen LogP contribution is -2.42. The molecule has 4 bridgehead atoms. The average Bonchev–Trinajstić information content (AvgIpc) is 2.85. The van der Waals surface area contributed by atoms with Gasteiger partial charge >= 0.3 is 0 Å². The Hall–Kier alpha value is -2.12. The summed E-state index contributed by atoms with van der Waals surface area (Å²) >= 11 is 0. The van der Waals surface area contributed by atoms with Gasteiger partial charge in [-0.05, 0) is 32.3 Å². The van der Waals surface area contributed by atoms with Crippen LogP contribution in [0.4, 0.5) is 0 Å². The molecule has 3 rings (SSSR count). The first-order valence-electron chi connectivity index (χ1n) is 14.0. The van der Waals surface area contributed by atoms with Gasteiger partial charge in [-0.25, -0.2) is 0 Å². The van der Waals surface area contributed by atoms with Crippen molar-refractivity contribution in [2.45, 2.75) is 118 Å². The minimum atomic E-state index is 0.0921. The second-order valence-corrected chi connectivity index (χ2v) is 10.4. The van der Waals surface area contributed by atoms with Gasteiger partial charge in [0.1, 0.15) is 11.5 Å². The van der Waals surface area contributed by atoms with Gasteiger partial charge in [0.2, 0.25) is 0 Å². The summed E-state index contributed by atoms with van der Waals surface area (Å²) in [5.41, 5.74) is 5.98. The molecule has 0 saturated heterocycles. The molecule has 0 amide bonds. The fraction of sp³-hybridized carbons (Fsp3) is 0.600.